The zero-order chi connectivity index (χ0) is 21.3. The zero-order valence-corrected chi connectivity index (χ0v) is 18.0. The van der Waals surface area contributed by atoms with Gasteiger partial charge in [0, 0.05) is 0 Å². The van der Waals surface area contributed by atoms with E-state index in [0.29, 0.717) is 0 Å². The predicted molar refractivity (Wildman–Crippen MR) is 133 cm³/mol. The Morgan fingerprint density at radius 1 is 0.406 bits per heavy atom. The molecule has 5 aromatic rings. The Morgan fingerprint density at radius 2 is 0.875 bits per heavy atom. The lowest BCUT2D eigenvalue weighted by molar-refractivity contribution is 0.794. The second-order valence-electron chi connectivity index (χ2n) is 8.98. The van der Waals surface area contributed by atoms with Crippen molar-refractivity contribution in [1.29, 1.82) is 0 Å². The Labute approximate surface area is 188 Å². The number of rotatable bonds is 1. The van der Waals surface area contributed by atoms with Gasteiger partial charge in [-0.2, -0.15) is 0 Å². The Hall–Kier alpha value is -3.90. The van der Waals surface area contributed by atoms with E-state index in [9.17, 15) is 0 Å². The fourth-order valence-electron chi connectivity index (χ4n) is 6.12. The summed E-state index contributed by atoms with van der Waals surface area (Å²) in [4.78, 5) is 0. The van der Waals surface area contributed by atoms with E-state index in [-0.39, 0.29) is 5.41 Å². The smallest absolute Gasteiger partial charge is 0.0619 e. The van der Waals surface area contributed by atoms with Gasteiger partial charge in [0.2, 0.25) is 0 Å². The van der Waals surface area contributed by atoms with Gasteiger partial charge in [-0.3, -0.25) is 0 Å². The van der Waals surface area contributed by atoms with E-state index in [1.165, 1.54) is 61.2 Å². The van der Waals surface area contributed by atoms with Crippen molar-refractivity contribution in [1.82, 2.24) is 0 Å². The summed E-state index contributed by atoms with van der Waals surface area (Å²) in [6, 6.07) is 42.8. The second-order valence-corrected chi connectivity index (χ2v) is 8.98. The molecular formula is C32H22. The van der Waals surface area contributed by atoms with Crippen LogP contribution in [0.25, 0.3) is 33.4 Å². The van der Waals surface area contributed by atoms with Crippen LogP contribution >= 0.6 is 0 Å². The molecule has 0 aromatic heterocycles. The molecule has 0 unspecified atom stereocenters. The Morgan fingerprint density at radius 3 is 1.50 bits per heavy atom. The molecule has 0 heterocycles. The predicted octanol–water partition coefficient (Wildman–Crippen LogP) is 8.01. The molecular weight excluding hydrogens is 384 g/mol. The van der Waals surface area contributed by atoms with E-state index in [1.807, 2.05) is 0 Å². The molecule has 150 valence electrons. The average Bonchev–Trinajstić information content (AvgIpc) is 3.32. The first kappa shape index (κ1) is 17.7. The third-order valence-corrected chi connectivity index (χ3v) is 7.38. The molecule has 0 heteroatoms. The first-order valence-corrected chi connectivity index (χ1v) is 11.3. The molecule has 5 aromatic carbocycles. The van der Waals surface area contributed by atoms with Gasteiger partial charge in [0.25, 0.3) is 0 Å². The third-order valence-electron chi connectivity index (χ3n) is 7.38. The first-order chi connectivity index (χ1) is 15.8. The number of aryl methyl sites for hydroxylation is 1. The average molecular weight is 407 g/mol. The number of hydrogen-bond donors (Lipinski definition) is 0. The third kappa shape index (κ3) is 2.07. The minimum absolute atomic E-state index is 0.264. The molecule has 32 heavy (non-hydrogen) atoms. The molecule has 0 saturated carbocycles. The summed E-state index contributed by atoms with van der Waals surface area (Å²) in [7, 11) is 0. The monoisotopic (exact) mass is 406 g/mol. The summed E-state index contributed by atoms with van der Waals surface area (Å²) in [6.45, 7) is 2.15. The Kier molecular flexibility index (Phi) is 3.50. The molecule has 0 bridgehead atoms. The van der Waals surface area contributed by atoms with Crippen molar-refractivity contribution in [2.45, 2.75) is 12.3 Å². The minimum Gasteiger partial charge on any atom is -0.0619 e. The van der Waals surface area contributed by atoms with Crippen molar-refractivity contribution < 1.29 is 0 Å². The molecule has 0 radical (unpaired) electrons. The minimum atomic E-state index is -0.264. The Bertz CT molecular complexity index is 1470. The molecule has 7 rings (SSSR count). The molecule has 0 fully saturated rings. The summed E-state index contributed by atoms with van der Waals surface area (Å²) < 4.78 is 0. The maximum absolute atomic E-state index is 2.35. The van der Waals surface area contributed by atoms with Gasteiger partial charge in [-0.25, -0.2) is 0 Å². The quantitative estimate of drug-likeness (QED) is 0.259. The molecule has 1 spiro atoms. The van der Waals surface area contributed by atoms with Crippen LogP contribution < -0.4 is 0 Å². The highest BCUT2D eigenvalue weighted by Crippen LogP contribution is 2.63. The molecule has 0 saturated heterocycles. The lowest BCUT2D eigenvalue weighted by atomic mass is 9.70. The lowest BCUT2D eigenvalue weighted by Crippen LogP contribution is -2.25. The highest BCUT2D eigenvalue weighted by atomic mass is 14.5. The van der Waals surface area contributed by atoms with E-state index in [1.54, 1.807) is 0 Å². The van der Waals surface area contributed by atoms with Crippen molar-refractivity contribution in [2.24, 2.45) is 0 Å². The van der Waals surface area contributed by atoms with Crippen LogP contribution in [0.1, 0.15) is 27.8 Å². The van der Waals surface area contributed by atoms with Gasteiger partial charge in [-0.05, 0) is 62.6 Å². The van der Waals surface area contributed by atoms with E-state index in [0.717, 1.165) is 0 Å². The largest absolute Gasteiger partial charge is 0.0725 e. The van der Waals surface area contributed by atoms with Gasteiger partial charge in [0.1, 0.15) is 0 Å². The van der Waals surface area contributed by atoms with Crippen LogP contribution in [0.5, 0.6) is 0 Å². The van der Waals surface area contributed by atoms with Crippen molar-refractivity contribution >= 4 is 0 Å². The molecule has 0 atom stereocenters. The zero-order valence-electron chi connectivity index (χ0n) is 18.0. The summed E-state index contributed by atoms with van der Waals surface area (Å²) in [6.07, 6.45) is 0. The summed E-state index contributed by atoms with van der Waals surface area (Å²) in [5.41, 5.74) is 14.6. The summed E-state index contributed by atoms with van der Waals surface area (Å²) in [5.74, 6) is 0. The van der Waals surface area contributed by atoms with E-state index in [2.05, 4.69) is 122 Å². The van der Waals surface area contributed by atoms with E-state index >= 15 is 0 Å². The van der Waals surface area contributed by atoms with Crippen molar-refractivity contribution in [3.8, 4) is 33.4 Å². The Balaban J connectivity index is 1.66. The fourth-order valence-corrected chi connectivity index (χ4v) is 6.12. The molecule has 0 aliphatic heterocycles. The molecule has 2 aliphatic rings. The fraction of sp³-hybridized carbons (Fsp3) is 0.0625. The van der Waals surface area contributed by atoms with Crippen molar-refractivity contribution in [3.63, 3.8) is 0 Å². The highest BCUT2D eigenvalue weighted by molar-refractivity contribution is 5.99. The number of fused-ring (bicyclic) bond motifs is 10. The van der Waals surface area contributed by atoms with E-state index in [4.69, 9.17) is 0 Å². The normalized spacial score (nSPS) is 14.0. The van der Waals surface area contributed by atoms with Crippen LogP contribution in [-0.2, 0) is 5.41 Å². The maximum atomic E-state index is 2.35. The number of benzene rings is 5. The summed E-state index contributed by atoms with van der Waals surface area (Å²) in [5, 5.41) is 0. The van der Waals surface area contributed by atoms with Gasteiger partial charge in [0.05, 0.1) is 5.41 Å². The summed E-state index contributed by atoms with van der Waals surface area (Å²) >= 11 is 0. The van der Waals surface area contributed by atoms with Gasteiger partial charge < -0.3 is 0 Å². The maximum Gasteiger partial charge on any atom is 0.0725 e. The van der Waals surface area contributed by atoms with Gasteiger partial charge in [0.15, 0.2) is 0 Å². The molecule has 0 N–H and O–H groups in total. The van der Waals surface area contributed by atoms with Crippen molar-refractivity contribution in [2.75, 3.05) is 0 Å². The topological polar surface area (TPSA) is 0 Å². The van der Waals surface area contributed by atoms with Gasteiger partial charge in [-0.1, -0.05) is 121 Å². The van der Waals surface area contributed by atoms with Crippen LogP contribution in [-0.4, -0.2) is 0 Å². The van der Waals surface area contributed by atoms with Crippen LogP contribution in [0.2, 0.25) is 0 Å². The highest BCUT2D eigenvalue weighted by Gasteiger charge is 2.51. The number of hydrogen-bond acceptors (Lipinski definition) is 0. The van der Waals surface area contributed by atoms with Gasteiger partial charge in [-0.15, -0.1) is 0 Å². The van der Waals surface area contributed by atoms with Gasteiger partial charge >= 0.3 is 0 Å². The molecule has 2 aliphatic carbocycles. The standard InChI is InChI=1S/C32H22/c1-21-17-19-22(20-18-21)23-12-8-16-30-31(23)26-11-4-7-15-29(26)32(30)27-13-5-2-9-24(27)25-10-3-6-14-28(25)32/h2-20H,1H3. The second kappa shape index (κ2) is 6.31. The van der Waals surface area contributed by atoms with Crippen LogP contribution in [0.15, 0.2) is 115 Å². The van der Waals surface area contributed by atoms with E-state index < -0.39 is 0 Å². The molecule has 0 amide bonds. The molecule has 0 nitrogen and oxygen atoms in total. The van der Waals surface area contributed by atoms with Crippen LogP contribution in [0, 0.1) is 6.92 Å². The van der Waals surface area contributed by atoms with Crippen molar-refractivity contribution in [3.05, 3.63) is 143 Å². The lowest BCUT2D eigenvalue weighted by Gasteiger charge is -2.30. The first-order valence-electron chi connectivity index (χ1n) is 11.3. The SMILES string of the molecule is Cc1ccc(-c2cccc3c2-c2ccccc2C32c3ccccc3-c3ccccc32)cc1. The van der Waals surface area contributed by atoms with Crippen LogP contribution in [0.4, 0.5) is 0 Å². The van der Waals surface area contributed by atoms with Crippen LogP contribution in [0.3, 0.4) is 0 Å².